The Balaban J connectivity index is 1.99. The molecule has 0 aromatic heterocycles. The molecule has 0 unspecified atom stereocenters. The van der Waals surface area contributed by atoms with E-state index in [1.54, 1.807) is 7.11 Å². The van der Waals surface area contributed by atoms with Crippen LogP contribution in [-0.2, 0) is 10.2 Å². The third-order valence-electron chi connectivity index (χ3n) is 4.71. The molecule has 2 heterocycles. The maximum atomic E-state index is 5.66. The van der Waals surface area contributed by atoms with E-state index < -0.39 is 0 Å². The standard InChI is InChI=1S/C16H23NO2/c1-11(2)12-4-5-14(15(6-12)18-3)16(9-19-10-16)13-7-17-8-13/h4-6,11,13,17H,7-10H2,1-3H3. The van der Waals surface area contributed by atoms with Crippen molar-refractivity contribution in [3.63, 3.8) is 0 Å². The molecule has 0 bridgehead atoms. The first-order valence-corrected chi connectivity index (χ1v) is 7.14. The molecule has 2 fully saturated rings. The van der Waals surface area contributed by atoms with E-state index in [1.165, 1.54) is 11.1 Å². The van der Waals surface area contributed by atoms with Gasteiger partial charge in [-0.1, -0.05) is 26.0 Å². The number of nitrogens with one attached hydrogen (secondary N) is 1. The zero-order valence-electron chi connectivity index (χ0n) is 12.0. The Morgan fingerprint density at radius 1 is 1.32 bits per heavy atom. The lowest BCUT2D eigenvalue weighted by Gasteiger charge is -2.51. The smallest absolute Gasteiger partial charge is 0.123 e. The van der Waals surface area contributed by atoms with Crippen molar-refractivity contribution >= 4 is 0 Å². The Morgan fingerprint density at radius 3 is 2.47 bits per heavy atom. The van der Waals surface area contributed by atoms with Crippen LogP contribution in [0.3, 0.4) is 0 Å². The Bertz CT molecular complexity index is 462. The summed E-state index contributed by atoms with van der Waals surface area (Å²) in [6.07, 6.45) is 0. The number of ether oxygens (including phenoxy) is 2. The quantitative estimate of drug-likeness (QED) is 0.902. The van der Waals surface area contributed by atoms with E-state index in [0.717, 1.165) is 32.1 Å². The molecule has 0 radical (unpaired) electrons. The molecule has 2 saturated heterocycles. The monoisotopic (exact) mass is 261 g/mol. The second-order valence-electron chi connectivity index (χ2n) is 6.12. The second-order valence-corrected chi connectivity index (χ2v) is 6.12. The number of methoxy groups -OCH3 is 1. The van der Waals surface area contributed by atoms with Crippen molar-refractivity contribution in [2.45, 2.75) is 25.2 Å². The zero-order valence-corrected chi connectivity index (χ0v) is 12.0. The highest BCUT2D eigenvalue weighted by Gasteiger charge is 2.50. The fourth-order valence-corrected chi connectivity index (χ4v) is 3.09. The van der Waals surface area contributed by atoms with E-state index >= 15 is 0 Å². The summed E-state index contributed by atoms with van der Waals surface area (Å²) in [5, 5.41) is 3.38. The van der Waals surface area contributed by atoms with E-state index in [4.69, 9.17) is 9.47 Å². The average Bonchev–Trinajstić information content (AvgIpc) is 2.30. The van der Waals surface area contributed by atoms with E-state index in [2.05, 4.69) is 37.4 Å². The lowest BCUT2D eigenvalue weighted by atomic mass is 9.65. The predicted octanol–water partition coefficient (Wildman–Crippen LogP) is 2.31. The minimum Gasteiger partial charge on any atom is -0.496 e. The fraction of sp³-hybridized carbons (Fsp3) is 0.625. The maximum absolute atomic E-state index is 5.66. The number of hydrogen-bond acceptors (Lipinski definition) is 3. The molecular formula is C16H23NO2. The third-order valence-corrected chi connectivity index (χ3v) is 4.71. The van der Waals surface area contributed by atoms with Gasteiger partial charge in [0.05, 0.1) is 25.7 Å². The van der Waals surface area contributed by atoms with E-state index in [-0.39, 0.29) is 5.41 Å². The van der Waals surface area contributed by atoms with Crippen molar-refractivity contribution in [2.75, 3.05) is 33.4 Å². The van der Waals surface area contributed by atoms with Gasteiger partial charge in [-0.25, -0.2) is 0 Å². The van der Waals surface area contributed by atoms with Crippen LogP contribution in [0.5, 0.6) is 5.75 Å². The summed E-state index contributed by atoms with van der Waals surface area (Å²) in [7, 11) is 1.77. The van der Waals surface area contributed by atoms with Gasteiger partial charge >= 0.3 is 0 Å². The minimum absolute atomic E-state index is 0.173. The van der Waals surface area contributed by atoms with Crippen molar-refractivity contribution in [3.8, 4) is 5.75 Å². The molecule has 0 atom stereocenters. The lowest BCUT2D eigenvalue weighted by molar-refractivity contribution is -0.102. The maximum Gasteiger partial charge on any atom is 0.123 e. The molecule has 1 aromatic rings. The Kier molecular flexibility index (Phi) is 3.27. The number of hydrogen-bond donors (Lipinski definition) is 1. The van der Waals surface area contributed by atoms with Gasteiger partial charge in [-0.15, -0.1) is 0 Å². The van der Waals surface area contributed by atoms with E-state index in [0.29, 0.717) is 11.8 Å². The van der Waals surface area contributed by atoms with Gasteiger partial charge in [0, 0.05) is 18.7 Å². The first-order chi connectivity index (χ1) is 9.17. The summed E-state index contributed by atoms with van der Waals surface area (Å²) < 4.78 is 11.2. The van der Waals surface area contributed by atoms with Crippen molar-refractivity contribution in [2.24, 2.45) is 5.92 Å². The van der Waals surface area contributed by atoms with Gasteiger partial charge in [0.2, 0.25) is 0 Å². The molecule has 104 valence electrons. The summed E-state index contributed by atoms with van der Waals surface area (Å²) in [5.41, 5.74) is 2.84. The summed E-state index contributed by atoms with van der Waals surface area (Å²) in [4.78, 5) is 0. The van der Waals surface area contributed by atoms with Crippen LogP contribution in [0.25, 0.3) is 0 Å². The highest BCUT2D eigenvalue weighted by atomic mass is 16.5. The van der Waals surface area contributed by atoms with E-state index in [9.17, 15) is 0 Å². The lowest BCUT2D eigenvalue weighted by Crippen LogP contribution is -2.62. The number of rotatable bonds is 4. The Labute approximate surface area is 115 Å². The highest BCUT2D eigenvalue weighted by Crippen LogP contribution is 2.45. The molecule has 0 saturated carbocycles. The van der Waals surface area contributed by atoms with Crippen molar-refractivity contribution in [1.29, 1.82) is 0 Å². The molecule has 3 nitrogen and oxygen atoms in total. The molecule has 3 rings (SSSR count). The first kappa shape index (κ1) is 12.9. The van der Waals surface area contributed by atoms with Gasteiger partial charge in [0.15, 0.2) is 0 Å². The fourth-order valence-electron chi connectivity index (χ4n) is 3.09. The van der Waals surface area contributed by atoms with Crippen molar-refractivity contribution in [3.05, 3.63) is 29.3 Å². The molecule has 3 heteroatoms. The molecule has 19 heavy (non-hydrogen) atoms. The molecule has 1 N–H and O–H groups in total. The second kappa shape index (κ2) is 4.80. The van der Waals surface area contributed by atoms with Crippen molar-refractivity contribution < 1.29 is 9.47 Å². The third kappa shape index (κ3) is 1.96. The Morgan fingerprint density at radius 2 is 2.05 bits per heavy atom. The van der Waals surface area contributed by atoms with E-state index in [1.807, 2.05) is 0 Å². The molecule has 0 aliphatic carbocycles. The summed E-state index contributed by atoms with van der Waals surface area (Å²) in [6.45, 7) is 8.28. The van der Waals surface area contributed by atoms with Crippen LogP contribution >= 0.6 is 0 Å². The zero-order chi connectivity index (χ0) is 13.5. The Hall–Kier alpha value is -1.06. The molecule has 0 spiro atoms. The minimum atomic E-state index is 0.173. The van der Waals surface area contributed by atoms with Gasteiger partial charge in [-0.05, 0) is 23.5 Å². The van der Waals surface area contributed by atoms with Crippen molar-refractivity contribution in [1.82, 2.24) is 5.32 Å². The van der Waals surface area contributed by atoms with Gasteiger partial charge in [-0.3, -0.25) is 0 Å². The van der Waals surface area contributed by atoms with Crippen LogP contribution in [0.15, 0.2) is 18.2 Å². The first-order valence-electron chi connectivity index (χ1n) is 7.14. The highest BCUT2D eigenvalue weighted by molar-refractivity contribution is 5.45. The van der Waals surface area contributed by atoms with Crippen LogP contribution in [0.2, 0.25) is 0 Å². The molecule has 0 amide bonds. The van der Waals surface area contributed by atoms with Gasteiger partial charge < -0.3 is 14.8 Å². The number of benzene rings is 1. The summed E-state index contributed by atoms with van der Waals surface area (Å²) in [5.74, 6) is 2.24. The normalized spacial score (nSPS) is 21.9. The SMILES string of the molecule is COc1cc(C(C)C)ccc1C1(C2CNC2)COC1. The summed E-state index contributed by atoms with van der Waals surface area (Å²) in [6, 6.07) is 6.70. The molecular weight excluding hydrogens is 238 g/mol. The van der Waals surface area contributed by atoms with Crippen LogP contribution in [0.4, 0.5) is 0 Å². The van der Waals surface area contributed by atoms with Crippen LogP contribution in [-0.4, -0.2) is 33.4 Å². The molecule has 1 aromatic carbocycles. The topological polar surface area (TPSA) is 30.5 Å². The van der Waals surface area contributed by atoms with Gasteiger partial charge in [-0.2, -0.15) is 0 Å². The molecule has 2 aliphatic heterocycles. The van der Waals surface area contributed by atoms with Crippen LogP contribution < -0.4 is 10.1 Å². The average molecular weight is 261 g/mol. The largest absolute Gasteiger partial charge is 0.496 e. The predicted molar refractivity (Wildman–Crippen MR) is 75.9 cm³/mol. The van der Waals surface area contributed by atoms with Gasteiger partial charge in [0.25, 0.3) is 0 Å². The van der Waals surface area contributed by atoms with Crippen LogP contribution in [0.1, 0.15) is 30.9 Å². The molecule has 2 aliphatic rings. The van der Waals surface area contributed by atoms with Crippen LogP contribution in [0, 0.1) is 5.92 Å². The summed E-state index contributed by atoms with van der Waals surface area (Å²) >= 11 is 0. The van der Waals surface area contributed by atoms with Gasteiger partial charge in [0.1, 0.15) is 5.75 Å².